The minimum absolute atomic E-state index is 0.215. The first-order valence-electron chi connectivity index (χ1n) is 5.18. The summed E-state index contributed by atoms with van der Waals surface area (Å²) in [4.78, 5) is 0.276. The van der Waals surface area contributed by atoms with E-state index in [1.165, 1.54) is 6.08 Å². The molecule has 0 amide bonds. The molecule has 94 valence electrons. The molecule has 1 aromatic rings. The van der Waals surface area contributed by atoms with E-state index in [1.54, 1.807) is 26.2 Å². The number of nitrogens with one attached hydrogen (secondary N) is 1. The number of ether oxygens (including phenoxy) is 1. The monoisotopic (exact) mass is 255 g/mol. The second-order valence-electron chi connectivity index (χ2n) is 3.66. The predicted molar refractivity (Wildman–Crippen MR) is 67.9 cm³/mol. The largest absolute Gasteiger partial charge is 0.496 e. The lowest BCUT2D eigenvalue weighted by Gasteiger charge is -2.13. The second kappa shape index (κ2) is 5.33. The average Bonchev–Trinajstić information content (AvgIpc) is 2.29. The Hall–Kier alpha value is -1.33. The molecule has 0 aliphatic rings. The number of methoxy groups -OCH3 is 1. The fourth-order valence-electron chi connectivity index (χ4n) is 1.53. The summed E-state index contributed by atoms with van der Waals surface area (Å²) in [6.45, 7) is 7.29. The van der Waals surface area contributed by atoms with Crippen molar-refractivity contribution in [2.45, 2.75) is 18.7 Å². The molecule has 0 aliphatic heterocycles. The van der Waals surface area contributed by atoms with Crippen molar-refractivity contribution in [3.63, 3.8) is 0 Å². The van der Waals surface area contributed by atoms with Crippen LogP contribution in [0, 0.1) is 13.8 Å². The van der Waals surface area contributed by atoms with Crippen molar-refractivity contribution in [1.29, 1.82) is 0 Å². The van der Waals surface area contributed by atoms with Gasteiger partial charge in [0.2, 0.25) is 10.0 Å². The molecule has 0 spiro atoms. The van der Waals surface area contributed by atoms with Crippen LogP contribution in [-0.2, 0) is 10.0 Å². The molecule has 0 aromatic heterocycles. The molecule has 0 fully saturated rings. The molecular formula is C12H17NO3S. The van der Waals surface area contributed by atoms with Gasteiger partial charge in [0, 0.05) is 6.54 Å². The van der Waals surface area contributed by atoms with Gasteiger partial charge in [-0.2, -0.15) is 0 Å². The fourth-order valence-corrected chi connectivity index (χ4v) is 2.83. The van der Waals surface area contributed by atoms with Crippen molar-refractivity contribution in [2.24, 2.45) is 0 Å². The molecule has 0 unspecified atom stereocenters. The van der Waals surface area contributed by atoms with Crippen molar-refractivity contribution in [1.82, 2.24) is 4.72 Å². The summed E-state index contributed by atoms with van der Waals surface area (Å²) in [6, 6.07) is 3.21. The Labute approximate surface area is 102 Å². The maximum absolute atomic E-state index is 12.0. The molecule has 17 heavy (non-hydrogen) atoms. The Balaban J connectivity index is 3.24. The topological polar surface area (TPSA) is 55.4 Å². The SMILES string of the molecule is C=CCNS(=O)(=O)c1ccc(OC)c(C)c1C. The van der Waals surface area contributed by atoms with Gasteiger partial charge in [0.1, 0.15) is 5.75 Å². The number of benzene rings is 1. The van der Waals surface area contributed by atoms with Crippen LogP contribution in [0.5, 0.6) is 5.75 Å². The third-order valence-corrected chi connectivity index (χ3v) is 4.18. The van der Waals surface area contributed by atoms with Crippen LogP contribution in [-0.4, -0.2) is 22.1 Å². The maximum Gasteiger partial charge on any atom is 0.241 e. The lowest BCUT2D eigenvalue weighted by Crippen LogP contribution is -2.24. The fraction of sp³-hybridized carbons (Fsp3) is 0.333. The minimum atomic E-state index is -3.48. The van der Waals surface area contributed by atoms with Crippen LogP contribution < -0.4 is 9.46 Å². The summed E-state index contributed by atoms with van der Waals surface area (Å²) in [7, 11) is -1.92. The van der Waals surface area contributed by atoms with Crippen LogP contribution in [0.15, 0.2) is 29.7 Å². The van der Waals surface area contributed by atoms with Gasteiger partial charge in [-0.1, -0.05) is 6.08 Å². The van der Waals surface area contributed by atoms with Gasteiger partial charge in [-0.05, 0) is 37.1 Å². The van der Waals surface area contributed by atoms with Crippen LogP contribution in [0.2, 0.25) is 0 Å². The van der Waals surface area contributed by atoms with Crippen molar-refractivity contribution in [3.05, 3.63) is 35.9 Å². The summed E-state index contributed by atoms with van der Waals surface area (Å²) in [5.74, 6) is 0.685. The van der Waals surface area contributed by atoms with Gasteiger partial charge in [0.25, 0.3) is 0 Å². The van der Waals surface area contributed by atoms with Crippen molar-refractivity contribution in [3.8, 4) is 5.75 Å². The molecule has 1 aromatic carbocycles. The van der Waals surface area contributed by atoms with Gasteiger partial charge >= 0.3 is 0 Å². The van der Waals surface area contributed by atoms with E-state index < -0.39 is 10.0 Å². The zero-order valence-electron chi connectivity index (χ0n) is 10.3. The highest BCUT2D eigenvalue weighted by Crippen LogP contribution is 2.26. The zero-order chi connectivity index (χ0) is 13.1. The summed E-state index contributed by atoms with van der Waals surface area (Å²) in [5, 5.41) is 0. The Morgan fingerprint density at radius 2 is 2.00 bits per heavy atom. The Bertz CT molecular complexity index is 521. The lowest BCUT2D eigenvalue weighted by molar-refractivity contribution is 0.410. The highest BCUT2D eigenvalue weighted by molar-refractivity contribution is 7.89. The number of hydrogen-bond donors (Lipinski definition) is 1. The summed E-state index contributed by atoms with van der Waals surface area (Å²) in [5.41, 5.74) is 1.52. The molecular weight excluding hydrogens is 238 g/mol. The first-order chi connectivity index (χ1) is 7.94. The molecule has 0 aliphatic carbocycles. The molecule has 4 nitrogen and oxygen atoms in total. The van der Waals surface area contributed by atoms with Gasteiger partial charge in [-0.25, -0.2) is 13.1 Å². The highest BCUT2D eigenvalue weighted by atomic mass is 32.2. The molecule has 0 saturated heterocycles. The van der Waals surface area contributed by atoms with E-state index in [9.17, 15) is 8.42 Å². The van der Waals surface area contributed by atoms with Crippen molar-refractivity contribution < 1.29 is 13.2 Å². The van der Waals surface area contributed by atoms with Crippen LogP contribution in [0.25, 0.3) is 0 Å². The lowest BCUT2D eigenvalue weighted by atomic mass is 10.1. The first-order valence-corrected chi connectivity index (χ1v) is 6.67. The number of rotatable bonds is 5. The average molecular weight is 255 g/mol. The summed E-state index contributed by atoms with van der Waals surface area (Å²) < 4.78 is 31.5. The second-order valence-corrected chi connectivity index (χ2v) is 5.39. The maximum atomic E-state index is 12.0. The molecule has 0 saturated carbocycles. The number of sulfonamides is 1. The third-order valence-electron chi connectivity index (χ3n) is 2.61. The molecule has 1 rings (SSSR count). The minimum Gasteiger partial charge on any atom is -0.496 e. The van der Waals surface area contributed by atoms with Crippen molar-refractivity contribution in [2.75, 3.05) is 13.7 Å². The zero-order valence-corrected chi connectivity index (χ0v) is 11.1. The quantitative estimate of drug-likeness (QED) is 0.816. The van der Waals surface area contributed by atoms with Crippen LogP contribution in [0.4, 0.5) is 0 Å². The first kappa shape index (κ1) is 13.7. The predicted octanol–water partition coefficient (Wildman–Crippen LogP) is 1.78. The molecule has 5 heteroatoms. The van der Waals surface area contributed by atoms with E-state index in [-0.39, 0.29) is 11.4 Å². The molecule has 0 bridgehead atoms. The van der Waals surface area contributed by atoms with E-state index in [2.05, 4.69) is 11.3 Å². The van der Waals surface area contributed by atoms with Crippen LogP contribution in [0.3, 0.4) is 0 Å². The van der Waals surface area contributed by atoms with Gasteiger partial charge in [-0.3, -0.25) is 0 Å². The van der Waals surface area contributed by atoms with E-state index in [4.69, 9.17) is 4.74 Å². The van der Waals surface area contributed by atoms with E-state index in [1.807, 2.05) is 6.92 Å². The third kappa shape index (κ3) is 2.87. The van der Waals surface area contributed by atoms with Crippen LogP contribution in [0.1, 0.15) is 11.1 Å². The van der Waals surface area contributed by atoms with Gasteiger partial charge in [0.15, 0.2) is 0 Å². The Kier molecular flexibility index (Phi) is 4.31. The molecule has 0 heterocycles. The summed E-state index contributed by atoms with van der Waals surface area (Å²) in [6.07, 6.45) is 1.50. The smallest absolute Gasteiger partial charge is 0.241 e. The molecule has 0 radical (unpaired) electrons. The molecule has 0 atom stereocenters. The Morgan fingerprint density at radius 3 is 2.53 bits per heavy atom. The standard InChI is InChI=1S/C12H17NO3S/c1-5-8-13-17(14,15)12-7-6-11(16-4)9(2)10(12)3/h5-7,13H,1,8H2,2-4H3. The summed E-state index contributed by atoms with van der Waals surface area (Å²) >= 11 is 0. The highest BCUT2D eigenvalue weighted by Gasteiger charge is 2.18. The van der Waals surface area contributed by atoms with Crippen LogP contribution >= 0.6 is 0 Å². The van der Waals surface area contributed by atoms with E-state index >= 15 is 0 Å². The Morgan fingerprint density at radius 1 is 1.35 bits per heavy atom. The molecule has 1 N–H and O–H groups in total. The van der Waals surface area contributed by atoms with Gasteiger partial charge in [0.05, 0.1) is 12.0 Å². The van der Waals surface area contributed by atoms with Gasteiger partial charge < -0.3 is 4.74 Å². The van der Waals surface area contributed by atoms with E-state index in [0.717, 1.165) is 5.56 Å². The van der Waals surface area contributed by atoms with Gasteiger partial charge in [-0.15, -0.1) is 6.58 Å². The van der Waals surface area contributed by atoms with Crippen molar-refractivity contribution >= 4 is 10.0 Å². The van der Waals surface area contributed by atoms with E-state index in [0.29, 0.717) is 11.3 Å². The normalized spacial score (nSPS) is 11.2. The number of hydrogen-bond acceptors (Lipinski definition) is 3.